The van der Waals surface area contributed by atoms with Crippen LogP contribution in [0.15, 0.2) is 0 Å². The highest BCUT2D eigenvalue weighted by Gasteiger charge is 2.29. The molecule has 134 valence electrons. The van der Waals surface area contributed by atoms with Crippen LogP contribution in [0.25, 0.3) is 0 Å². The Labute approximate surface area is 145 Å². The third kappa shape index (κ3) is 3.80. The van der Waals surface area contributed by atoms with Crippen LogP contribution in [0.1, 0.15) is 84.5 Å². The van der Waals surface area contributed by atoms with Crippen LogP contribution in [0, 0.1) is 0 Å². The van der Waals surface area contributed by atoms with Crippen LogP contribution in [0.4, 0.5) is 0 Å². The van der Waals surface area contributed by atoms with Gasteiger partial charge in [0.25, 0.3) is 0 Å². The van der Waals surface area contributed by atoms with E-state index < -0.39 is 11.9 Å². The third-order valence-electron chi connectivity index (χ3n) is 4.32. The topological polar surface area (TPSA) is 52.6 Å². The maximum absolute atomic E-state index is 12.7. The number of carbonyl (C=O) groups is 2. The van der Waals surface area contributed by atoms with Crippen molar-refractivity contribution in [2.45, 2.75) is 67.2 Å². The Kier molecular flexibility index (Phi) is 7.96. The minimum atomic E-state index is -0.426. The molecule has 0 N–H and O–H groups in total. The highest BCUT2D eigenvalue weighted by atomic mass is 16.5. The summed E-state index contributed by atoms with van der Waals surface area (Å²) in [7, 11) is 0. The van der Waals surface area contributed by atoms with E-state index in [2.05, 4.69) is 13.8 Å². The van der Waals surface area contributed by atoms with E-state index in [1.807, 2.05) is 13.8 Å². The zero-order valence-electron chi connectivity index (χ0n) is 15.9. The minimum absolute atomic E-state index is 0.280. The van der Waals surface area contributed by atoms with Gasteiger partial charge in [0, 0.05) is 0 Å². The molecular formula is C20H30O4. The summed E-state index contributed by atoms with van der Waals surface area (Å²) < 4.78 is 10.5. The fourth-order valence-electron chi connectivity index (χ4n) is 3.46. The van der Waals surface area contributed by atoms with Crippen LogP contribution in [-0.4, -0.2) is 25.2 Å². The molecular weight excluding hydrogens is 304 g/mol. The Morgan fingerprint density at radius 2 is 0.875 bits per heavy atom. The van der Waals surface area contributed by atoms with Crippen molar-refractivity contribution in [2.24, 2.45) is 0 Å². The van der Waals surface area contributed by atoms with E-state index in [1.165, 1.54) is 11.1 Å². The normalized spacial score (nSPS) is 10.6. The largest absolute Gasteiger partial charge is 0.462 e. The summed E-state index contributed by atoms with van der Waals surface area (Å²) in [4.78, 5) is 25.3. The molecule has 0 bridgehead atoms. The van der Waals surface area contributed by atoms with Gasteiger partial charge in [0.1, 0.15) is 0 Å². The van der Waals surface area contributed by atoms with Crippen molar-refractivity contribution in [3.8, 4) is 0 Å². The second kappa shape index (κ2) is 9.45. The van der Waals surface area contributed by atoms with Gasteiger partial charge in [0.15, 0.2) is 0 Å². The van der Waals surface area contributed by atoms with E-state index in [4.69, 9.17) is 9.47 Å². The molecule has 0 aliphatic carbocycles. The van der Waals surface area contributed by atoms with Crippen LogP contribution >= 0.6 is 0 Å². The van der Waals surface area contributed by atoms with E-state index in [0.29, 0.717) is 24.0 Å². The zero-order valence-corrected chi connectivity index (χ0v) is 15.9. The number of esters is 2. The van der Waals surface area contributed by atoms with E-state index >= 15 is 0 Å². The average Bonchev–Trinajstić information content (AvgIpc) is 2.58. The lowest BCUT2D eigenvalue weighted by molar-refractivity contribution is 0.0476. The Morgan fingerprint density at radius 1 is 0.583 bits per heavy atom. The molecule has 0 amide bonds. The van der Waals surface area contributed by atoms with Gasteiger partial charge >= 0.3 is 11.9 Å². The predicted molar refractivity (Wildman–Crippen MR) is 95.9 cm³/mol. The van der Waals surface area contributed by atoms with Gasteiger partial charge in [0.2, 0.25) is 0 Å². The van der Waals surface area contributed by atoms with Gasteiger partial charge < -0.3 is 9.47 Å². The molecule has 0 saturated heterocycles. The van der Waals surface area contributed by atoms with E-state index in [0.717, 1.165) is 24.0 Å². The SMILES string of the molecule is CCOC(=O)c1c(CC)c(CC)c(CC)c(CC)c1C(=O)OCC. The van der Waals surface area contributed by atoms with Crippen molar-refractivity contribution < 1.29 is 19.1 Å². The van der Waals surface area contributed by atoms with Crippen LogP contribution < -0.4 is 0 Å². The zero-order chi connectivity index (χ0) is 18.3. The van der Waals surface area contributed by atoms with E-state index in [9.17, 15) is 9.59 Å². The first-order valence-electron chi connectivity index (χ1n) is 9.05. The van der Waals surface area contributed by atoms with Crippen molar-refractivity contribution in [2.75, 3.05) is 13.2 Å². The summed E-state index contributed by atoms with van der Waals surface area (Å²) in [6.45, 7) is 12.3. The average molecular weight is 334 g/mol. The van der Waals surface area contributed by atoms with Crippen LogP contribution in [-0.2, 0) is 35.2 Å². The first-order chi connectivity index (χ1) is 11.5. The lowest BCUT2D eigenvalue weighted by Crippen LogP contribution is -2.22. The first-order valence-corrected chi connectivity index (χ1v) is 9.05. The smallest absolute Gasteiger partial charge is 0.339 e. The monoisotopic (exact) mass is 334 g/mol. The maximum atomic E-state index is 12.7. The Balaban J connectivity index is 3.91. The van der Waals surface area contributed by atoms with E-state index in [-0.39, 0.29) is 13.2 Å². The second-order valence-corrected chi connectivity index (χ2v) is 5.52. The Bertz CT molecular complexity index is 549. The predicted octanol–water partition coefficient (Wildman–Crippen LogP) is 4.29. The van der Waals surface area contributed by atoms with Crippen molar-refractivity contribution in [3.63, 3.8) is 0 Å². The van der Waals surface area contributed by atoms with Crippen LogP contribution in [0.3, 0.4) is 0 Å². The maximum Gasteiger partial charge on any atom is 0.339 e. The highest BCUT2D eigenvalue weighted by molar-refractivity contribution is 6.06. The number of carbonyl (C=O) groups excluding carboxylic acids is 2. The number of hydrogen-bond donors (Lipinski definition) is 0. The molecule has 24 heavy (non-hydrogen) atoms. The molecule has 0 radical (unpaired) electrons. The van der Waals surface area contributed by atoms with Gasteiger partial charge in [-0.25, -0.2) is 9.59 Å². The lowest BCUT2D eigenvalue weighted by atomic mass is 9.82. The van der Waals surface area contributed by atoms with Gasteiger partial charge in [-0.2, -0.15) is 0 Å². The highest BCUT2D eigenvalue weighted by Crippen LogP contribution is 2.32. The molecule has 1 aromatic rings. The molecule has 0 aromatic heterocycles. The van der Waals surface area contributed by atoms with Crippen molar-refractivity contribution >= 4 is 11.9 Å². The molecule has 0 unspecified atom stereocenters. The summed E-state index contributed by atoms with van der Waals surface area (Å²) in [6, 6.07) is 0. The second-order valence-electron chi connectivity index (χ2n) is 5.52. The molecule has 0 aliphatic heterocycles. The number of benzene rings is 1. The van der Waals surface area contributed by atoms with Gasteiger partial charge in [-0.1, -0.05) is 27.7 Å². The van der Waals surface area contributed by atoms with E-state index in [1.54, 1.807) is 13.8 Å². The molecule has 0 aliphatic rings. The molecule has 4 heteroatoms. The Morgan fingerprint density at radius 3 is 1.08 bits per heavy atom. The van der Waals surface area contributed by atoms with Crippen LogP contribution in [0.2, 0.25) is 0 Å². The standard InChI is InChI=1S/C20H30O4/c1-7-13-14(8-2)16(10-4)18(20(22)24-12-6)17(15(13)9-3)19(21)23-11-5/h7-12H2,1-6H3. The lowest BCUT2D eigenvalue weighted by Gasteiger charge is -2.23. The third-order valence-corrected chi connectivity index (χ3v) is 4.32. The molecule has 0 spiro atoms. The minimum Gasteiger partial charge on any atom is -0.462 e. The van der Waals surface area contributed by atoms with Gasteiger partial charge in [-0.3, -0.25) is 0 Å². The van der Waals surface area contributed by atoms with Crippen molar-refractivity contribution in [1.29, 1.82) is 0 Å². The number of rotatable bonds is 8. The van der Waals surface area contributed by atoms with Crippen LogP contribution in [0.5, 0.6) is 0 Å². The fraction of sp³-hybridized carbons (Fsp3) is 0.600. The quantitative estimate of drug-likeness (QED) is 0.666. The number of hydrogen-bond acceptors (Lipinski definition) is 4. The van der Waals surface area contributed by atoms with Gasteiger partial charge in [-0.05, 0) is 61.8 Å². The molecule has 4 nitrogen and oxygen atoms in total. The van der Waals surface area contributed by atoms with Gasteiger partial charge in [-0.15, -0.1) is 0 Å². The summed E-state index contributed by atoms with van der Waals surface area (Å²) >= 11 is 0. The van der Waals surface area contributed by atoms with Gasteiger partial charge in [0.05, 0.1) is 24.3 Å². The number of ether oxygens (including phenoxy) is 2. The summed E-state index contributed by atoms with van der Waals surface area (Å²) in [5.74, 6) is -0.853. The van der Waals surface area contributed by atoms with Crippen molar-refractivity contribution in [3.05, 3.63) is 33.4 Å². The summed E-state index contributed by atoms with van der Waals surface area (Å²) in [6.07, 6.45) is 3.02. The molecule has 0 saturated carbocycles. The molecule has 0 fully saturated rings. The molecule has 0 atom stereocenters. The fourth-order valence-corrected chi connectivity index (χ4v) is 3.46. The molecule has 1 aromatic carbocycles. The molecule has 1 rings (SSSR count). The molecule has 0 heterocycles. The Hall–Kier alpha value is -1.84. The summed E-state index contributed by atoms with van der Waals surface area (Å²) in [5.41, 5.74) is 5.01. The summed E-state index contributed by atoms with van der Waals surface area (Å²) in [5, 5.41) is 0. The first kappa shape index (κ1) is 20.2. The van der Waals surface area contributed by atoms with Crippen molar-refractivity contribution in [1.82, 2.24) is 0 Å².